The van der Waals surface area contributed by atoms with Gasteiger partial charge in [-0.1, -0.05) is 18.2 Å². The number of hydrogen-bond donors (Lipinski definition) is 4. The van der Waals surface area contributed by atoms with E-state index in [0.29, 0.717) is 68.0 Å². The minimum Gasteiger partial charge on any atom is -0.468 e. The molecule has 18 heteroatoms. The third-order valence-electron chi connectivity index (χ3n) is 15.3. The second-order valence-corrected chi connectivity index (χ2v) is 20.8. The number of hydrogen-bond acceptors (Lipinski definition) is 14. The van der Waals surface area contributed by atoms with Crippen molar-refractivity contribution in [3.63, 3.8) is 0 Å². The van der Waals surface area contributed by atoms with Crippen molar-refractivity contribution in [2.24, 2.45) is 11.3 Å². The number of ether oxygens (including phenoxy) is 3. The molecule has 2 aromatic heterocycles. The van der Waals surface area contributed by atoms with Crippen LogP contribution in [0, 0.1) is 21.4 Å². The molecular weight excluding hydrogens is 875 g/mol. The van der Waals surface area contributed by atoms with Crippen LogP contribution in [0.2, 0.25) is 0 Å². The van der Waals surface area contributed by atoms with E-state index >= 15 is 0 Å². The molecule has 4 N–H and O–H groups in total. The molecule has 1 amide bonds. The third kappa shape index (κ3) is 8.20. The molecule has 5 fully saturated rings. The fourth-order valence-corrected chi connectivity index (χ4v) is 12.6. The Morgan fingerprint density at radius 1 is 0.940 bits per heavy atom. The average Bonchev–Trinajstić information content (AvgIpc) is 4.13. The molecule has 4 saturated heterocycles. The minimum atomic E-state index is -4.59. The summed E-state index contributed by atoms with van der Waals surface area (Å²) in [5.74, 6) is -0.229. The number of nitrogens with one attached hydrogen (secondary N) is 4. The molecule has 0 radical (unpaired) electrons. The van der Waals surface area contributed by atoms with E-state index in [9.17, 15) is 23.3 Å². The van der Waals surface area contributed by atoms with Crippen molar-refractivity contribution in [3.05, 3.63) is 100 Å². The van der Waals surface area contributed by atoms with E-state index < -0.39 is 37.5 Å². The van der Waals surface area contributed by atoms with E-state index in [1.165, 1.54) is 49.1 Å². The lowest BCUT2D eigenvalue weighted by atomic mass is 9.59. The molecule has 1 aliphatic carbocycles. The highest BCUT2D eigenvalue weighted by Gasteiger charge is 2.50. The van der Waals surface area contributed by atoms with Crippen molar-refractivity contribution in [1.82, 2.24) is 19.6 Å². The first-order valence-electron chi connectivity index (χ1n) is 23.7. The summed E-state index contributed by atoms with van der Waals surface area (Å²) in [6.45, 7) is 5.18. The molecule has 0 bridgehead atoms. The number of anilines is 5. The van der Waals surface area contributed by atoms with Gasteiger partial charge in [0.05, 0.1) is 40.3 Å². The van der Waals surface area contributed by atoms with Gasteiger partial charge in [0.1, 0.15) is 23.1 Å². The van der Waals surface area contributed by atoms with Crippen LogP contribution in [0.4, 0.5) is 34.1 Å². The highest BCUT2D eigenvalue weighted by molar-refractivity contribution is 7.90. The van der Waals surface area contributed by atoms with E-state index in [1.54, 1.807) is 12.3 Å². The highest BCUT2D eigenvalue weighted by atomic mass is 32.2. The Morgan fingerprint density at radius 2 is 1.76 bits per heavy atom. The number of aromatic nitrogens is 2. The Morgan fingerprint density at radius 3 is 2.57 bits per heavy atom. The number of aromatic amines is 1. The Kier molecular flexibility index (Phi) is 11.5. The molecule has 5 aromatic rings. The van der Waals surface area contributed by atoms with Gasteiger partial charge in [0.2, 0.25) is 5.88 Å². The third-order valence-corrected chi connectivity index (χ3v) is 16.7. The summed E-state index contributed by atoms with van der Waals surface area (Å²) in [6, 6.07) is 22.4. The fraction of sp³-hybridized carbons (Fsp3) is 0.469. The number of para-hydroxylation sites is 1. The number of pyridine rings is 1. The van der Waals surface area contributed by atoms with Crippen LogP contribution in [0.3, 0.4) is 0 Å². The number of piperidine rings is 1. The van der Waals surface area contributed by atoms with Crippen LogP contribution < -0.4 is 29.9 Å². The summed E-state index contributed by atoms with van der Waals surface area (Å²) >= 11 is 0. The van der Waals surface area contributed by atoms with Gasteiger partial charge in [0, 0.05) is 81.0 Å². The van der Waals surface area contributed by atoms with Crippen LogP contribution >= 0.6 is 0 Å². The number of amides is 1. The second-order valence-electron chi connectivity index (χ2n) is 19.2. The lowest BCUT2D eigenvalue weighted by Gasteiger charge is -2.56. The molecule has 17 nitrogen and oxygen atoms in total. The SMILES string of the molecule is CNc1ccccc1[C@@H]1CCCN1C1CC2(CCN(c3ccc(C(=O)NS(=O)(=O)c4ccc(NCC5CCOCC5)c([N+](=O)[O-])c4)c(N4c5cc6cc[nH]c6nc5O[C@@H]5COC[C@H]54)c3)CC2)C1. The number of nitro benzene ring substituents is 1. The van der Waals surface area contributed by atoms with Crippen LogP contribution in [0.1, 0.15) is 73.3 Å². The summed E-state index contributed by atoms with van der Waals surface area (Å²) in [5, 5.41) is 19.6. The first kappa shape index (κ1) is 43.6. The van der Waals surface area contributed by atoms with Gasteiger partial charge >= 0.3 is 0 Å². The van der Waals surface area contributed by atoms with E-state index in [2.05, 4.69) is 54.4 Å². The monoisotopic (exact) mass is 931 g/mol. The Labute approximate surface area is 389 Å². The van der Waals surface area contributed by atoms with Crippen molar-refractivity contribution < 1.29 is 32.3 Å². The number of rotatable bonds is 12. The zero-order chi connectivity index (χ0) is 45.9. The maximum atomic E-state index is 14.6. The number of carbonyl (C=O) groups excluding carboxylic acids is 1. The van der Waals surface area contributed by atoms with Gasteiger partial charge in [-0.25, -0.2) is 13.1 Å². The highest BCUT2D eigenvalue weighted by Crippen LogP contribution is 2.55. The predicted molar refractivity (Wildman–Crippen MR) is 255 cm³/mol. The lowest BCUT2D eigenvalue weighted by molar-refractivity contribution is -0.384. The van der Waals surface area contributed by atoms with E-state index in [4.69, 9.17) is 19.2 Å². The van der Waals surface area contributed by atoms with Crippen LogP contribution in [0.5, 0.6) is 5.88 Å². The van der Waals surface area contributed by atoms with E-state index in [-0.39, 0.29) is 28.6 Å². The second kappa shape index (κ2) is 17.6. The summed E-state index contributed by atoms with van der Waals surface area (Å²) in [6.07, 6.45) is 9.91. The van der Waals surface area contributed by atoms with Gasteiger partial charge < -0.3 is 39.6 Å². The zero-order valence-electron chi connectivity index (χ0n) is 37.6. The quantitative estimate of drug-likeness (QED) is 0.0716. The molecule has 1 saturated carbocycles. The standard InChI is InChI=1S/C49H57N9O8S/c1-50-38-6-3-2-5-36(38)40-7-4-18-56(40)34-26-49(27-34)15-19-55(20-16-49)33-8-10-37(41(24-33)57-43-23-32-12-17-51-46(32)53-48(43)66-45-30-65-29-44(45)57)47(59)54-67(62,63)35-9-11-39(42(25-35)58(60)61)52-28-31-13-21-64-22-14-31/h2-3,5-6,8-12,17,23-25,31,34,40,44-45,50,52H,4,7,13-16,18-22,26-30H2,1H3,(H,51,53)(H,54,59)/t40-,44+,45+/m0/s1. The van der Waals surface area contributed by atoms with Crippen molar-refractivity contribution >= 4 is 61.1 Å². The predicted octanol–water partition coefficient (Wildman–Crippen LogP) is 7.35. The molecule has 0 unspecified atom stereocenters. The Bertz CT molecular complexity index is 2800. The summed E-state index contributed by atoms with van der Waals surface area (Å²) in [5.41, 5.74) is 5.48. The topological polar surface area (TPSA) is 197 Å². The number of fused-ring (bicyclic) bond motifs is 3. The molecule has 5 aliphatic heterocycles. The number of sulfonamides is 1. The number of nitrogens with zero attached hydrogens (tertiary/aromatic N) is 5. The first-order valence-corrected chi connectivity index (χ1v) is 25.2. The van der Waals surface area contributed by atoms with Crippen LogP contribution in [-0.4, -0.2) is 112 Å². The van der Waals surface area contributed by atoms with Crippen molar-refractivity contribution in [2.45, 2.75) is 80.5 Å². The van der Waals surface area contributed by atoms with Crippen LogP contribution in [-0.2, 0) is 19.5 Å². The number of H-pyrrole nitrogens is 1. The molecule has 11 rings (SSSR count). The Balaban J connectivity index is 0.868. The summed E-state index contributed by atoms with van der Waals surface area (Å²) in [7, 11) is -2.58. The molecule has 3 atom stereocenters. The normalized spacial score (nSPS) is 23.1. The summed E-state index contributed by atoms with van der Waals surface area (Å²) < 4.78 is 48.2. The molecule has 7 heterocycles. The van der Waals surface area contributed by atoms with Crippen LogP contribution in [0.25, 0.3) is 11.0 Å². The van der Waals surface area contributed by atoms with E-state index in [1.807, 2.05) is 36.2 Å². The van der Waals surface area contributed by atoms with Gasteiger partial charge in [-0.15, -0.1) is 0 Å². The molecule has 67 heavy (non-hydrogen) atoms. The van der Waals surface area contributed by atoms with E-state index in [0.717, 1.165) is 62.5 Å². The molecule has 6 aliphatic rings. The minimum absolute atomic E-state index is 0.111. The average molecular weight is 932 g/mol. The number of carbonyl (C=O) groups is 1. The molecule has 352 valence electrons. The number of benzene rings is 3. The lowest BCUT2D eigenvalue weighted by Crippen LogP contribution is -2.55. The maximum Gasteiger partial charge on any atom is 0.293 e. The van der Waals surface area contributed by atoms with Crippen molar-refractivity contribution in [2.75, 3.05) is 80.1 Å². The van der Waals surface area contributed by atoms with Gasteiger partial charge in [0.15, 0.2) is 0 Å². The number of nitro groups is 1. The summed E-state index contributed by atoms with van der Waals surface area (Å²) in [4.78, 5) is 40.9. The van der Waals surface area contributed by atoms with Gasteiger partial charge in [-0.05, 0) is 123 Å². The first-order chi connectivity index (χ1) is 32.6. The van der Waals surface area contributed by atoms with Gasteiger partial charge in [-0.3, -0.25) is 19.8 Å². The number of likely N-dealkylation sites (tertiary alicyclic amines) is 1. The van der Waals surface area contributed by atoms with Gasteiger partial charge in [0.25, 0.3) is 21.6 Å². The maximum absolute atomic E-state index is 14.6. The molecule has 3 aromatic carbocycles. The smallest absolute Gasteiger partial charge is 0.293 e. The van der Waals surface area contributed by atoms with Gasteiger partial charge in [-0.2, -0.15) is 4.98 Å². The van der Waals surface area contributed by atoms with Crippen LogP contribution in [0.15, 0.2) is 83.9 Å². The Hall–Kier alpha value is -5.95. The fourth-order valence-electron chi connectivity index (χ4n) is 11.6. The zero-order valence-corrected chi connectivity index (χ0v) is 38.4. The largest absolute Gasteiger partial charge is 0.468 e. The van der Waals surface area contributed by atoms with Crippen molar-refractivity contribution in [1.29, 1.82) is 0 Å². The molecule has 1 spiro atoms. The van der Waals surface area contributed by atoms with Crippen molar-refractivity contribution in [3.8, 4) is 5.88 Å². The molecular formula is C49H57N9O8S.